The Labute approximate surface area is 114 Å². The fraction of sp³-hybridized carbons (Fsp3) is 0.647. The van der Waals surface area contributed by atoms with E-state index in [2.05, 4.69) is 44.5 Å². The summed E-state index contributed by atoms with van der Waals surface area (Å²) in [6.45, 7) is 15.3. The van der Waals surface area contributed by atoms with Crippen LogP contribution in [0.3, 0.4) is 0 Å². The summed E-state index contributed by atoms with van der Waals surface area (Å²) in [6, 6.07) is 0. The molecule has 0 saturated heterocycles. The van der Waals surface area contributed by atoms with Crippen LogP contribution in [0, 0.1) is 5.92 Å². The molecule has 0 bridgehead atoms. The van der Waals surface area contributed by atoms with E-state index in [4.69, 9.17) is 0 Å². The number of hydrogen-bond donors (Lipinski definition) is 1. The highest BCUT2D eigenvalue weighted by molar-refractivity contribution is 4.99. The maximum absolute atomic E-state index is 4.03. The first-order chi connectivity index (χ1) is 8.60. The van der Waals surface area contributed by atoms with Crippen LogP contribution in [0.4, 0.5) is 0 Å². The Bertz CT molecular complexity index is 263. The molecule has 0 saturated carbocycles. The van der Waals surface area contributed by atoms with Gasteiger partial charge in [0, 0.05) is 12.2 Å². The monoisotopic (exact) mass is 249 g/mol. The number of unbranched alkanes of at least 4 members (excludes halogenated alkanes) is 1. The minimum Gasteiger partial charge on any atom is -0.385 e. The average Bonchev–Trinajstić information content (AvgIpc) is 2.34. The van der Waals surface area contributed by atoms with Crippen molar-refractivity contribution in [3.8, 4) is 0 Å². The molecule has 0 fully saturated rings. The van der Waals surface area contributed by atoms with Crippen molar-refractivity contribution in [1.82, 2.24) is 5.32 Å². The molecule has 1 N–H and O–H groups in total. The lowest BCUT2D eigenvalue weighted by molar-refractivity contribution is 0.561. The highest BCUT2D eigenvalue weighted by Crippen LogP contribution is 2.13. The SMILES string of the molecule is C=C(C)CNC(=C)CCCC=CC(CC)CCC. The van der Waals surface area contributed by atoms with Gasteiger partial charge in [0.15, 0.2) is 0 Å². The molecule has 0 aromatic carbocycles. The van der Waals surface area contributed by atoms with Crippen LogP contribution in [0.15, 0.2) is 36.6 Å². The highest BCUT2D eigenvalue weighted by Gasteiger charge is 1.98. The molecule has 1 heteroatoms. The zero-order chi connectivity index (χ0) is 13.8. The lowest BCUT2D eigenvalue weighted by Gasteiger charge is -2.09. The summed E-state index contributed by atoms with van der Waals surface area (Å²) in [7, 11) is 0. The minimum atomic E-state index is 0.778. The van der Waals surface area contributed by atoms with Gasteiger partial charge in [0.2, 0.25) is 0 Å². The predicted molar refractivity (Wildman–Crippen MR) is 83.6 cm³/mol. The third-order valence-corrected chi connectivity index (χ3v) is 3.08. The second kappa shape index (κ2) is 11.1. The standard InChI is InChI=1S/C17H31N/c1-6-11-17(7-2)13-10-8-9-12-16(5)18-14-15(3)4/h10,13,17-18H,3,5-9,11-12,14H2,1-2,4H3. The Morgan fingerprint density at radius 3 is 2.56 bits per heavy atom. The summed E-state index contributed by atoms with van der Waals surface area (Å²) in [6.07, 6.45) is 12.0. The van der Waals surface area contributed by atoms with Crippen molar-refractivity contribution in [2.75, 3.05) is 6.54 Å². The van der Waals surface area contributed by atoms with Crippen LogP contribution < -0.4 is 5.32 Å². The summed E-state index contributed by atoms with van der Waals surface area (Å²) in [5, 5.41) is 3.30. The fourth-order valence-corrected chi connectivity index (χ4v) is 1.89. The van der Waals surface area contributed by atoms with Gasteiger partial charge in [-0.15, -0.1) is 0 Å². The summed E-state index contributed by atoms with van der Waals surface area (Å²) in [4.78, 5) is 0. The van der Waals surface area contributed by atoms with Gasteiger partial charge in [-0.05, 0) is 44.9 Å². The Morgan fingerprint density at radius 1 is 1.28 bits per heavy atom. The molecule has 18 heavy (non-hydrogen) atoms. The van der Waals surface area contributed by atoms with E-state index in [9.17, 15) is 0 Å². The van der Waals surface area contributed by atoms with E-state index >= 15 is 0 Å². The molecule has 0 aromatic rings. The lowest BCUT2D eigenvalue weighted by Crippen LogP contribution is -2.14. The number of nitrogens with one attached hydrogen (secondary N) is 1. The second-order valence-corrected chi connectivity index (χ2v) is 5.19. The first kappa shape index (κ1) is 17.0. The van der Waals surface area contributed by atoms with Gasteiger partial charge in [-0.2, -0.15) is 0 Å². The van der Waals surface area contributed by atoms with E-state index in [1.165, 1.54) is 25.7 Å². The molecule has 0 rings (SSSR count). The molecule has 0 aliphatic rings. The summed E-state index contributed by atoms with van der Waals surface area (Å²) in [5.41, 5.74) is 2.29. The molecule has 1 atom stereocenters. The third kappa shape index (κ3) is 10.2. The van der Waals surface area contributed by atoms with Gasteiger partial charge >= 0.3 is 0 Å². The first-order valence-electron chi connectivity index (χ1n) is 7.32. The van der Waals surface area contributed by atoms with Gasteiger partial charge in [-0.25, -0.2) is 0 Å². The van der Waals surface area contributed by atoms with Crippen LogP contribution in [0.5, 0.6) is 0 Å². The Hall–Kier alpha value is -0.980. The van der Waals surface area contributed by atoms with Crippen molar-refractivity contribution in [3.63, 3.8) is 0 Å². The fourth-order valence-electron chi connectivity index (χ4n) is 1.89. The number of allylic oxidation sites excluding steroid dienone is 3. The molecule has 1 unspecified atom stereocenters. The largest absolute Gasteiger partial charge is 0.385 e. The molecule has 104 valence electrons. The van der Waals surface area contributed by atoms with Crippen LogP contribution in [-0.4, -0.2) is 6.54 Å². The van der Waals surface area contributed by atoms with Crippen LogP contribution in [0.1, 0.15) is 59.3 Å². The molecule has 1 nitrogen and oxygen atoms in total. The van der Waals surface area contributed by atoms with Crippen molar-refractivity contribution in [2.24, 2.45) is 5.92 Å². The summed E-state index contributed by atoms with van der Waals surface area (Å²) < 4.78 is 0. The van der Waals surface area contributed by atoms with Crippen LogP contribution in [0.2, 0.25) is 0 Å². The normalized spacial score (nSPS) is 12.6. The van der Waals surface area contributed by atoms with Crippen LogP contribution in [0.25, 0.3) is 0 Å². The molecule has 0 heterocycles. The van der Waals surface area contributed by atoms with Crippen molar-refractivity contribution in [3.05, 3.63) is 36.6 Å². The summed E-state index contributed by atoms with van der Waals surface area (Å²) in [5.74, 6) is 0.778. The Morgan fingerprint density at radius 2 is 2.00 bits per heavy atom. The van der Waals surface area contributed by atoms with Gasteiger partial charge < -0.3 is 5.32 Å². The van der Waals surface area contributed by atoms with Crippen LogP contribution in [-0.2, 0) is 0 Å². The van der Waals surface area contributed by atoms with Gasteiger partial charge in [0.05, 0.1) is 0 Å². The predicted octanol–water partition coefficient (Wildman–Crippen LogP) is 5.22. The second-order valence-electron chi connectivity index (χ2n) is 5.19. The van der Waals surface area contributed by atoms with E-state index in [1.807, 2.05) is 6.92 Å². The topological polar surface area (TPSA) is 12.0 Å². The first-order valence-corrected chi connectivity index (χ1v) is 7.32. The zero-order valence-corrected chi connectivity index (χ0v) is 12.6. The molecular formula is C17H31N. The summed E-state index contributed by atoms with van der Waals surface area (Å²) >= 11 is 0. The molecule has 0 aliphatic carbocycles. The molecular weight excluding hydrogens is 218 g/mol. The molecule has 0 radical (unpaired) electrons. The lowest BCUT2D eigenvalue weighted by atomic mass is 9.99. The third-order valence-electron chi connectivity index (χ3n) is 3.08. The number of hydrogen-bond acceptors (Lipinski definition) is 1. The maximum atomic E-state index is 4.03. The van der Waals surface area contributed by atoms with E-state index < -0.39 is 0 Å². The zero-order valence-electron chi connectivity index (χ0n) is 12.6. The quantitative estimate of drug-likeness (QED) is 0.391. The minimum absolute atomic E-state index is 0.778. The van der Waals surface area contributed by atoms with Gasteiger partial charge in [-0.1, -0.05) is 51.2 Å². The van der Waals surface area contributed by atoms with Crippen molar-refractivity contribution in [2.45, 2.75) is 59.3 Å². The highest BCUT2D eigenvalue weighted by atomic mass is 14.9. The molecule has 0 aromatic heterocycles. The van der Waals surface area contributed by atoms with Gasteiger partial charge in [0.25, 0.3) is 0 Å². The van der Waals surface area contributed by atoms with E-state index in [0.29, 0.717) is 0 Å². The van der Waals surface area contributed by atoms with E-state index in [1.54, 1.807) is 0 Å². The molecule has 0 aliphatic heterocycles. The van der Waals surface area contributed by atoms with Crippen molar-refractivity contribution >= 4 is 0 Å². The molecule has 0 amide bonds. The van der Waals surface area contributed by atoms with Crippen molar-refractivity contribution < 1.29 is 0 Å². The van der Waals surface area contributed by atoms with Gasteiger partial charge in [0.1, 0.15) is 0 Å². The van der Waals surface area contributed by atoms with Gasteiger partial charge in [-0.3, -0.25) is 0 Å². The maximum Gasteiger partial charge on any atom is 0.0351 e. The Kier molecular flexibility index (Phi) is 10.5. The molecule has 0 spiro atoms. The van der Waals surface area contributed by atoms with E-state index in [0.717, 1.165) is 36.6 Å². The number of rotatable bonds is 11. The smallest absolute Gasteiger partial charge is 0.0351 e. The van der Waals surface area contributed by atoms with Crippen molar-refractivity contribution in [1.29, 1.82) is 0 Å². The van der Waals surface area contributed by atoms with Crippen LogP contribution >= 0.6 is 0 Å². The van der Waals surface area contributed by atoms with E-state index in [-0.39, 0.29) is 0 Å². The average molecular weight is 249 g/mol. The Balaban J connectivity index is 3.62.